The summed E-state index contributed by atoms with van der Waals surface area (Å²) in [5.41, 5.74) is 3.26. The van der Waals surface area contributed by atoms with Crippen molar-refractivity contribution in [3.63, 3.8) is 0 Å². The van der Waals surface area contributed by atoms with Crippen molar-refractivity contribution in [2.24, 2.45) is 5.92 Å². The van der Waals surface area contributed by atoms with Crippen LogP contribution in [-0.4, -0.2) is 39.4 Å². The van der Waals surface area contributed by atoms with E-state index in [1.54, 1.807) is 12.3 Å². The highest BCUT2D eigenvalue weighted by Crippen LogP contribution is 2.24. The summed E-state index contributed by atoms with van der Waals surface area (Å²) >= 11 is 0. The largest absolute Gasteiger partial charge is 0.355 e. The number of rotatable bonds is 5. The van der Waals surface area contributed by atoms with Crippen molar-refractivity contribution in [2.45, 2.75) is 19.3 Å². The van der Waals surface area contributed by atoms with Crippen LogP contribution in [0, 0.1) is 5.92 Å². The van der Waals surface area contributed by atoms with E-state index in [0.29, 0.717) is 17.3 Å². The molecule has 3 heterocycles. The zero-order valence-electron chi connectivity index (χ0n) is 17.2. The number of benzene rings is 2. The van der Waals surface area contributed by atoms with E-state index in [1.165, 1.54) is 5.56 Å². The Morgan fingerprint density at radius 3 is 2.65 bits per heavy atom. The third-order valence-electron chi connectivity index (χ3n) is 5.89. The topological polar surface area (TPSA) is 86.8 Å². The van der Waals surface area contributed by atoms with E-state index in [2.05, 4.69) is 60.9 Å². The molecule has 0 unspecified atom stereocenters. The van der Waals surface area contributed by atoms with Crippen LogP contribution < -0.4 is 10.2 Å². The molecule has 31 heavy (non-hydrogen) atoms. The second kappa shape index (κ2) is 8.55. The summed E-state index contributed by atoms with van der Waals surface area (Å²) in [6.07, 6.45) is 5.14. The minimum absolute atomic E-state index is 0.278. The number of aromatic nitrogens is 4. The van der Waals surface area contributed by atoms with Crippen LogP contribution in [0.1, 0.15) is 28.9 Å². The van der Waals surface area contributed by atoms with Crippen LogP contribution in [0.3, 0.4) is 0 Å². The summed E-state index contributed by atoms with van der Waals surface area (Å²) in [6, 6.07) is 19.9. The molecule has 0 radical (unpaired) electrons. The van der Waals surface area contributed by atoms with Crippen LogP contribution in [0.15, 0.2) is 66.9 Å². The fourth-order valence-corrected chi connectivity index (χ4v) is 4.14. The first-order chi connectivity index (χ1) is 15.2. The van der Waals surface area contributed by atoms with Gasteiger partial charge in [-0.3, -0.25) is 9.89 Å². The molecule has 2 N–H and O–H groups in total. The molecule has 4 aromatic rings. The van der Waals surface area contributed by atoms with E-state index < -0.39 is 0 Å². The van der Waals surface area contributed by atoms with Gasteiger partial charge in [0.25, 0.3) is 5.91 Å². The normalized spacial score (nSPS) is 14.6. The molecule has 7 heteroatoms. The van der Waals surface area contributed by atoms with Crippen molar-refractivity contribution >= 4 is 28.3 Å². The molecule has 1 fully saturated rings. The summed E-state index contributed by atoms with van der Waals surface area (Å²) in [4.78, 5) is 14.8. The number of fused-ring (bicyclic) bond motifs is 1. The third kappa shape index (κ3) is 4.40. The molecule has 0 atom stereocenters. The number of amides is 1. The second-order valence-electron chi connectivity index (χ2n) is 8.02. The minimum atomic E-state index is -0.278. The van der Waals surface area contributed by atoms with E-state index >= 15 is 0 Å². The highest BCUT2D eigenvalue weighted by Gasteiger charge is 2.21. The molecule has 7 nitrogen and oxygen atoms in total. The molecule has 0 saturated carbocycles. The van der Waals surface area contributed by atoms with Gasteiger partial charge in [0, 0.05) is 24.2 Å². The summed E-state index contributed by atoms with van der Waals surface area (Å²) in [5, 5.41) is 19.2. The van der Waals surface area contributed by atoms with Crippen LogP contribution in [0.2, 0.25) is 0 Å². The zero-order chi connectivity index (χ0) is 21.0. The molecule has 0 aliphatic carbocycles. The SMILES string of the molecule is O=C(Nc1ccc2cn[nH]c2c1)c1ccc(N2CCC(Cc3ccccc3)CC2)nn1. The van der Waals surface area contributed by atoms with Gasteiger partial charge in [-0.05, 0) is 61.1 Å². The first kappa shape index (κ1) is 19.2. The summed E-state index contributed by atoms with van der Waals surface area (Å²) in [7, 11) is 0. The van der Waals surface area contributed by atoms with Gasteiger partial charge in [0.05, 0.1) is 11.7 Å². The van der Waals surface area contributed by atoms with Gasteiger partial charge >= 0.3 is 0 Å². The Labute approximate surface area is 180 Å². The molecule has 1 aliphatic heterocycles. The van der Waals surface area contributed by atoms with Crippen molar-refractivity contribution in [3.05, 3.63) is 78.1 Å². The van der Waals surface area contributed by atoms with Crippen LogP contribution in [0.5, 0.6) is 0 Å². The fourth-order valence-electron chi connectivity index (χ4n) is 4.14. The average molecular weight is 412 g/mol. The summed E-state index contributed by atoms with van der Waals surface area (Å²) in [5.74, 6) is 1.25. The Bertz CT molecular complexity index is 1160. The number of nitrogens with one attached hydrogen (secondary N) is 2. The molecular formula is C24H24N6O. The van der Waals surface area contributed by atoms with E-state index in [4.69, 9.17) is 0 Å². The van der Waals surface area contributed by atoms with Gasteiger partial charge in [-0.25, -0.2) is 0 Å². The number of piperidine rings is 1. The number of H-pyrrole nitrogens is 1. The van der Waals surface area contributed by atoms with Crippen molar-refractivity contribution in [1.82, 2.24) is 20.4 Å². The van der Waals surface area contributed by atoms with Crippen LogP contribution in [-0.2, 0) is 6.42 Å². The molecule has 0 spiro atoms. The smallest absolute Gasteiger partial charge is 0.276 e. The Balaban J connectivity index is 1.17. The van der Waals surface area contributed by atoms with Crippen molar-refractivity contribution in [1.29, 1.82) is 0 Å². The zero-order valence-corrected chi connectivity index (χ0v) is 17.2. The Morgan fingerprint density at radius 2 is 1.87 bits per heavy atom. The number of hydrogen-bond donors (Lipinski definition) is 2. The Morgan fingerprint density at radius 1 is 1.03 bits per heavy atom. The first-order valence-corrected chi connectivity index (χ1v) is 10.6. The number of carbonyl (C=O) groups excluding carboxylic acids is 1. The quantitative estimate of drug-likeness (QED) is 0.516. The molecule has 2 aromatic heterocycles. The van der Waals surface area contributed by atoms with Gasteiger partial charge in [-0.2, -0.15) is 5.10 Å². The average Bonchev–Trinajstić information content (AvgIpc) is 3.28. The molecule has 1 saturated heterocycles. The molecule has 1 aliphatic rings. The highest BCUT2D eigenvalue weighted by molar-refractivity contribution is 6.03. The monoisotopic (exact) mass is 412 g/mol. The lowest BCUT2D eigenvalue weighted by Gasteiger charge is -2.32. The van der Waals surface area contributed by atoms with E-state index in [9.17, 15) is 4.79 Å². The second-order valence-corrected chi connectivity index (χ2v) is 8.02. The van der Waals surface area contributed by atoms with E-state index in [1.807, 2.05) is 24.3 Å². The van der Waals surface area contributed by atoms with Gasteiger partial charge in [0.15, 0.2) is 11.5 Å². The van der Waals surface area contributed by atoms with Crippen LogP contribution >= 0.6 is 0 Å². The maximum absolute atomic E-state index is 12.5. The molecule has 156 valence electrons. The molecule has 5 rings (SSSR count). The fraction of sp³-hybridized carbons (Fsp3) is 0.250. The Kier molecular flexibility index (Phi) is 5.31. The standard InChI is InChI=1S/C24H24N6O/c31-24(26-20-7-6-19-16-25-27-22(19)15-20)21-8-9-23(29-28-21)30-12-10-18(11-13-30)14-17-4-2-1-3-5-17/h1-9,15-16,18H,10-14H2,(H,25,27)(H,26,31). The molecule has 2 aromatic carbocycles. The Hall–Kier alpha value is -3.74. The predicted molar refractivity (Wildman–Crippen MR) is 121 cm³/mol. The lowest BCUT2D eigenvalue weighted by molar-refractivity contribution is 0.102. The van der Waals surface area contributed by atoms with Gasteiger partial charge in [0.1, 0.15) is 0 Å². The number of aromatic amines is 1. The lowest BCUT2D eigenvalue weighted by atomic mass is 9.90. The molecule has 1 amide bonds. The molecular weight excluding hydrogens is 388 g/mol. The molecule has 0 bridgehead atoms. The number of nitrogens with zero attached hydrogens (tertiary/aromatic N) is 4. The van der Waals surface area contributed by atoms with E-state index in [-0.39, 0.29) is 5.91 Å². The summed E-state index contributed by atoms with van der Waals surface area (Å²) < 4.78 is 0. The van der Waals surface area contributed by atoms with Crippen molar-refractivity contribution in [2.75, 3.05) is 23.3 Å². The number of carbonyl (C=O) groups is 1. The maximum atomic E-state index is 12.5. The van der Waals surface area contributed by atoms with E-state index in [0.717, 1.165) is 49.1 Å². The van der Waals surface area contributed by atoms with Gasteiger partial charge in [0.2, 0.25) is 0 Å². The van der Waals surface area contributed by atoms with Crippen LogP contribution in [0.25, 0.3) is 10.9 Å². The van der Waals surface area contributed by atoms with Crippen LogP contribution in [0.4, 0.5) is 11.5 Å². The lowest BCUT2D eigenvalue weighted by Crippen LogP contribution is -2.35. The number of anilines is 2. The van der Waals surface area contributed by atoms with Gasteiger partial charge in [-0.15, -0.1) is 10.2 Å². The van der Waals surface area contributed by atoms with Gasteiger partial charge < -0.3 is 10.2 Å². The van der Waals surface area contributed by atoms with Gasteiger partial charge in [-0.1, -0.05) is 30.3 Å². The number of hydrogen-bond acceptors (Lipinski definition) is 5. The van der Waals surface area contributed by atoms with Crippen molar-refractivity contribution < 1.29 is 4.79 Å². The highest BCUT2D eigenvalue weighted by atomic mass is 16.1. The third-order valence-corrected chi connectivity index (χ3v) is 5.89. The first-order valence-electron chi connectivity index (χ1n) is 10.6. The van der Waals surface area contributed by atoms with Crippen molar-refractivity contribution in [3.8, 4) is 0 Å². The predicted octanol–water partition coefficient (Wildman–Crippen LogP) is 4.06. The summed E-state index contributed by atoms with van der Waals surface area (Å²) in [6.45, 7) is 1.92. The minimum Gasteiger partial charge on any atom is -0.355 e. The maximum Gasteiger partial charge on any atom is 0.276 e.